The van der Waals surface area contributed by atoms with E-state index >= 15 is 0 Å². The molecule has 0 saturated carbocycles. The fourth-order valence-corrected chi connectivity index (χ4v) is 1.96. The Labute approximate surface area is 96.2 Å². The molecule has 1 atom stereocenters. The number of rotatable bonds is 6. The van der Waals surface area contributed by atoms with Gasteiger partial charge in [-0.15, -0.1) is 0 Å². The van der Waals surface area contributed by atoms with Crippen LogP contribution in [0.5, 0.6) is 0 Å². The van der Waals surface area contributed by atoms with Crippen molar-refractivity contribution in [3.63, 3.8) is 0 Å². The molecule has 16 heavy (non-hydrogen) atoms. The van der Waals surface area contributed by atoms with Crippen molar-refractivity contribution < 1.29 is 17.9 Å². The van der Waals surface area contributed by atoms with E-state index in [0.717, 1.165) is 5.56 Å². The van der Waals surface area contributed by atoms with Crippen LogP contribution in [0.15, 0.2) is 16.8 Å². The fraction of sp³-hybridized carbons (Fsp3) is 0.600. The molecule has 1 heterocycles. The summed E-state index contributed by atoms with van der Waals surface area (Å²) in [6.45, 7) is 0.361. The Hall–Kier alpha value is -0.590. The van der Waals surface area contributed by atoms with Gasteiger partial charge in [0.25, 0.3) is 0 Å². The second-order valence-corrected chi connectivity index (χ2v) is 4.15. The zero-order chi connectivity index (χ0) is 12.0. The molecule has 0 radical (unpaired) electrons. The van der Waals surface area contributed by atoms with Gasteiger partial charge in [0.05, 0.1) is 6.10 Å². The standard InChI is InChI=1S/C10H14F3NOS/c11-10(12,13)3-1-4-15-9(6-14)8-2-5-16-7-8/h2,5,7,9H,1,3-4,6,14H2. The highest BCUT2D eigenvalue weighted by Gasteiger charge is 2.26. The van der Waals surface area contributed by atoms with E-state index in [1.54, 1.807) is 0 Å². The molecule has 0 aliphatic carbocycles. The van der Waals surface area contributed by atoms with Gasteiger partial charge >= 0.3 is 6.18 Å². The molecule has 6 heteroatoms. The van der Waals surface area contributed by atoms with Crippen molar-refractivity contribution in [3.8, 4) is 0 Å². The lowest BCUT2D eigenvalue weighted by Gasteiger charge is -2.15. The molecule has 1 aromatic heterocycles. The van der Waals surface area contributed by atoms with Crippen molar-refractivity contribution in [1.82, 2.24) is 0 Å². The summed E-state index contributed by atoms with van der Waals surface area (Å²) in [5.41, 5.74) is 6.42. The first-order chi connectivity index (χ1) is 7.53. The van der Waals surface area contributed by atoms with Crippen LogP contribution >= 0.6 is 11.3 Å². The number of nitrogens with two attached hydrogens (primary N) is 1. The predicted octanol–water partition coefficient (Wildman–Crippen LogP) is 3.11. The maximum absolute atomic E-state index is 11.9. The fourth-order valence-electron chi connectivity index (χ4n) is 1.26. The zero-order valence-corrected chi connectivity index (χ0v) is 9.48. The van der Waals surface area contributed by atoms with Crippen LogP contribution in [0.4, 0.5) is 13.2 Å². The van der Waals surface area contributed by atoms with Crippen molar-refractivity contribution in [3.05, 3.63) is 22.4 Å². The number of ether oxygens (including phenoxy) is 1. The highest BCUT2D eigenvalue weighted by atomic mass is 32.1. The van der Waals surface area contributed by atoms with Gasteiger partial charge in [0.15, 0.2) is 0 Å². The number of hydrogen-bond donors (Lipinski definition) is 1. The van der Waals surface area contributed by atoms with E-state index in [9.17, 15) is 13.2 Å². The first-order valence-corrected chi connectivity index (χ1v) is 5.87. The molecule has 0 bridgehead atoms. The Kier molecular flexibility index (Phi) is 5.24. The molecule has 92 valence electrons. The smallest absolute Gasteiger partial charge is 0.372 e. The molecule has 1 rings (SSSR count). The summed E-state index contributed by atoms with van der Waals surface area (Å²) in [4.78, 5) is 0. The maximum Gasteiger partial charge on any atom is 0.389 e. The number of hydrogen-bond acceptors (Lipinski definition) is 3. The van der Waals surface area contributed by atoms with Crippen LogP contribution in [-0.2, 0) is 4.74 Å². The lowest BCUT2D eigenvalue weighted by atomic mass is 10.2. The highest BCUT2D eigenvalue weighted by molar-refractivity contribution is 7.07. The number of thiophene rings is 1. The summed E-state index contributed by atoms with van der Waals surface area (Å²) < 4.78 is 40.9. The molecule has 1 unspecified atom stereocenters. The van der Waals surface area contributed by atoms with Crippen LogP contribution in [0.1, 0.15) is 24.5 Å². The quantitative estimate of drug-likeness (QED) is 0.791. The van der Waals surface area contributed by atoms with E-state index in [-0.39, 0.29) is 25.7 Å². The number of halogens is 3. The second-order valence-electron chi connectivity index (χ2n) is 3.37. The third-order valence-corrected chi connectivity index (χ3v) is 2.75. The summed E-state index contributed by atoms with van der Waals surface area (Å²) in [7, 11) is 0. The molecule has 0 aliphatic rings. The average molecular weight is 253 g/mol. The van der Waals surface area contributed by atoms with Crippen LogP contribution in [0.25, 0.3) is 0 Å². The van der Waals surface area contributed by atoms with Crippen molar-refractivity contribution in [2.45, 2.75) is 25.1 Å². The van der Waals surface area contributed by atoms with Gasteiger partial charge in [-0.1, -0.05) is 0 Å². The minimum absolute atomic E-state index is 0.0237. The van der Waals surface area contributed by atoms with Crippen LogP contribution in [-0.4, -0.2) is 19.3 Å². The lowest BCUT2D eigenvalue weighted by molar-refractivity contribution is -0.138. The van der Waals surface area contributed by atoms with E-state index < -0.39 is 12.6 Å². The summed E-state index contributed by atoms with van der Waals surface area (Å²) in [6.07, 6.45) is -5.23. The van der Waals surface area contributed by atoms with E-state index in [1.165, 1.54) is 11.3 Å². The zero-order valence-electron chi connectivity index (χ0n) is 8.67. The first-order valence-electron chi connectivity index (χ1n) is 4.93. The third-order valence-electron chi connectivity index (χ3n) is 2.05. The van der Waals surface area contributed by atoms with Crippen LogP contribution in [0.3, 0.4) is 0 Å². The van der Waals surface area contributed by atoms with E-state index in [2.05, 4.69) is 0 Å². The maximum atomic E-state index is 11.9. The predicted molar refractivity (Wildman–Crippen MR) is 57.4 cm³/mol. The summed E-state index contributed by atoms with van der Waals surface area (Å²) in [5, 5.41) is 3.78. The molecule has 1 aromatic rings. The number of alkyl halides is 3. The van der Waals surface area contributed by atoms with Crippen LogP contribution in [0.2, 0.25) is 0 Å². The Morgan fingerprint density at radius 2 is 2.19 bits per heavy atom. The van der Waals surface area contributed by atoms with Gasteiger partial charge < -0.3 is 10.5 Å². The summed E-state index contributed by atoms with van der Waals surface area (Å²) in [5.74, 6) is 0. The minimum Gasteiger partial charge on any atom is -0.372 e. The topological polar surface area (TPSA) is 35.2 Å². The molecular formula is C10H14F3NOS. The molecule has 0 aromatic carbocycles. The molecule has 0 amide bonds. The van der Waals surface area contributed by atoms with Gasteiger partial charge in [-0.3, -0.25) is 0 Å². The largest absolute Gasteiger partial charge is 0.389 e. The SMILES string of the molecule is NCC(OCCCC(F)(F)F)c1ccsc1. The van der Waals surface area contributed by atoms with Crippen molar-refractivity contribution in [1.29, 1.82) is 0 Å². The molecule has 2 N–H and O–H groups in total. The average Bonchev–Trinajstić information content (AvgIpc) is 2.69. The molecule has 0 fully saturated rings. The van der Waals surface area contributed by atoms with Gasteiger partial charge in [-0.05, 0) is 28.8 Å². The molecule has 0 saturated heterocycles. The van der Waals surface area contributed by atoms with Crippen molar-refractivity contribution >= 4 is 11.3 Å². The normalized spacial score (nSPS) is 14.0. The van der Waals surface area contributed by atoms with Gasteiger partial charge in [-0.2, -0.15) is 24.5 Å². The molecule has 0 spiro atoms. The lowest BCUT2D eigenvalue weighted by Crippen LogP contribution is -2.17. The van der Waals surface area contributed by atoms with Crippen molar-refractivity contribution in [2.75, 3.05) is 13.2 Å². The minimum atomic E-state index is -4.11. The van der Waals surface area contributed by atoms with Crippen molar-refractivity contribution in [2.24, 2.45) is 5.73 Å². The second kappa shape index (κ2) is 6.22. The molecule has 2 nitrogen and oxygen atoms in total. The third kappa shape index (κ3) is 4.96. The summed E-state index contributed by atoms with van der Waals surface area (Å²) in [6, 6.07) is 1.87. The van der Waals surface area contributed by atoms with Gasteiger partial charge in [0, 0.05) is 19.6 Å². The van der Waals surface area contributed by atoms with Crippen LogP contribution in [0, 0.1) is 0 Å². The van der Waals surface area contributed by atoms with Crippen LogP contribution < -0.4 is 5.73 Å². The highest BCUT2D eigenvalue weighted by Crippen LogP contribution is 2.23. The Bertz CT molecular complexity index is 287. The van der Waals surface area contributed by atoms with Gasteiger partial charge in [0.2, 0.25) is 0 Å². The molecule has 0 aliphatic heterocycles. The first kappa shape index (κ1) is 13.5. The van der Waals surface area contributed by atoms with Gasteiger partial charge in [-0.25, -0.2) is 0 Å². The van der Waals surface area contributed by atoms with E-state index in [1.807, 2.05) is 16.8 Å². The monoisotopic (exact) mass is 253 g/mol. The Morgan fingerprint density at radius 3 is 2.69 bits per heavy atom. The van der Waals surface area contributed by atoms with E-state index in [4.69, 9.17) is 10.5 Å². The Balaban J connectivity index is 2.25. The van der Waals surface area contributed by atoms with E-state index in [0.29, 0.717) is 0 Å². The molecular weight excluding hydrogens is 239 g/mol. The Morgan fingerprint density at radius 1 is 1.44 bits per heavy atom. The van der Waals surface area contributed by atoms with Gasteiger partial charge in [0.1, 0.15) is 0 Å². The summed E-state index contributed by atoms with van der Waals surface area (Å²) >= 11 is 1.51.